The van der Waals surface area contributed by atoms with E-state index in [0.717, 1.165) is 22.4 Å². The molecule has 2 aromatic rings. The van der Waals surface area contributed by atoms with Crippen molar-refractivity contribution in [1.29, 1.82) is 5.26 Å². The number of fused-ring (bicyclic) bond motifs is 1. The normalized spacial score (nSPS) is 17.5. The van der Waals surface area contributed by atoms with E-state index >= 15 is 0 Å². The van der Waals surface area contributed by atoms with Gasteiger partial charge in [0.05, 0.1) is 50.7 Å². The van der Waals surface area contributed by atoms with Crippen LogP contribution in [0.25, 0.3) is 11.3 Å². The van der Waals surface area contributed by atoms with Gasteiger partial charge < -0.3 is 24.0 Å². The molecule has 0 saturated carbocycles. The van der Waals surface area contributed by atoms with E-state index in [1.165, 1.54) is 7.11 Å². The maximum absolute atomic E-state index is 12.9. The van der Waals surface area contributed by atoms with E-state index in [0.29, 0.717) is 44.1 Å². The third kappa shape index (κ3) is 5.14. The first-order valence-corrected chi connectivity index (χ1v) is 11.9. The molecule has 0 aliphatic carbocycles. The van der Waals surface area contributed by atoms with Crippen molar-refractivity contribution in [2.75, 3.05) is 51.5 Å². The Morgan fingerprint density at radius 3 is 2.74 bits per heavy atom. The van der Waals surface area contributed by atoms with Crippen molar-refractivity contribution < 1.29 is 23.8 Å². The number of carbonyl (C=O) groups excluding carboxylic acids is 2. The summed E-state index contributed by atoms with van der Waals surface area (Å²) in [5.74, 6) is -0.0907. The molecule has 1 aromatic carbocycles. The predicted molar refractivity (Wildman–Crippen MR) is 129 cm³/mol. The summed E-state index contributed by atoms with van der Waals surface area (Å²) >= 11 is 0. The van der Waals surface area contributed by atoms with E-state index < -0.39 is 12.0 Å². The second-order valence-electron chi connectivity index (χ2n) is 8.44. The Balaban J connectivity index is 1.74. The summed E-state index contributed by atoms with van der Waals surface area (Å²) in [4.78, 5) is 34.1. The van der Waals surface area contributed by atoms with Gasteiger partial charge in [-0.15, -0.1) is 0 Å². The minimum atomic E-state index is -0.791. The Bertz CT molecular complexity index is 1110. The number of anilines is 1. The number of aromatic nitrogens is 1. The molecule has 1 unspecified atom stereocenters. The summed E-state index contributed by atoms with van der Waals surface area (Å²) in [5.41, 5.74) is 4.09. The van der Waals surface area contributed by atoms with Crippen LogP contribution < -0.4 is 4.90 Å². The Kier molecular flexibility index (Phi) is 7.95. The monoisotopic (exact) mass is 478 g/mol. The number of piperazine rings is 1. The van der Waals surface area contributed by atoms with Crippen LogP contribution in [0.2, 0.25) is 0 Å². The highest BCUT2D eigenvalue weighted by Crippen LogP contribution is 2.35. The lowest BCUT2D eigenvalue weighted by molar-refractivity contribution is -0.155. The lowest BCUT2D eigenvalue weighted by Crippen LogP contribution is -2.59. The average molecular weight is 479 g/mol. The highest BCUT2D eigenvalue weighted by atomic mass is 16.5. The van der Waals surface area contributed by atoms with Crippen LogP contribution in [-0.2, 0) is 36.8 Å². The molecular weight excluding hydrogens is 448 g/mol. The van der Waals surface area contributed by atoms with E-state index in [4.69, 9.17) is 19.2 Å². The average Bonchev–Trinajstić information content (AvgIpc) is 2.91. The van der Waals surface area contributed by atoms with Crippen molar-refractivity contribution in [1.82, 2.24) is 9.88 Å². The number of methoxy groups -OCH3 is 1. The van der Waals surface area contributed by atoms with E-state index in [-0.39, 0.29) is 32.1 Å². The lowest BCUT2D eigenvalue weighted by atomic mass is 9.93. The van der Waals surface area contributed by atoms with Gasteiger partial charge in [0.2, 0.25) is 5.91 Å². The zero-order valence-corrected chi connectivity index (χ0v) is 20.2. The standard InChI is InChI=1S/C26H30N4O5/c1-3-35-26(32)22-16-29(11-12-30(22)23(31)10-13-33-2)25-20(15-27)19-9-14-34-17-21(19)24(28-25)18-7-5-4-6-8-18/h4-8,22H,3,9-14,16-17H2,1-2H3. The minimum Gasteiger partial charge on any atom is -0.464 e. The number of esters is 1. The number of amides is 1. The van der Waals surface area contributed by atoms with E-state index in [9.17, 15) is 14.9 Å². The zero-order valence-electron chi connectivity index (χ0n) is 20.2. The first kappa shape index (κ1) is 24.6. The van der Waals surface area contributed by atoms with Gasteiger partial charge in [-0.3, -0.25) is 4.79 Å². The maximum atomic E-state index is 12.9. The maximum Gasteiger partial charge on any atom is 0.330 e. The second-order valence-corrected chi connectivity index (χ2v) is 8.44. The van der Waals surface area contributed by atoms with Crippen molar-refractivity contribution in [3.05, 3.63) is 47.0 Å². The summed E-state index contributed by atoms with van der Waals surface area (Å²) < 4.78 is 16.1. The summed E-state index contributed by atoms with van der Waals surface area (Å²) in [6.07, 6.45) is 0.801. The number of carbonyl (C=O) groups is 2. The van der Waals surface area contributed by atoms with Crippen molar-refractivity contribution in [2.45, 2.75) is 32.4 Å². The minimum absolute atomic E-state index is 0.161. The number of pyridine rings is 1. The van der Waals surface area contributed by atoms with E-state index in [2.05, 4.69) is 6.07 Å². The number of nitrogens with zero attached hydrogens (tertiary/aromatic N) is 4. The Morgan fingerprint density at radius 2 is 2.03 bits per heavy atom. The number of nitriles is 1. The van der Waals surface area contributed by atoms with Gasteiger partial charge in [-0.25, -0.2) is 9.78 Å². The van der Waals surface area contributed by atoms with E-state index in [1.54, 1.807) is 11.8 Å². The molecule has 2 aliphatic heterocycles. The SMILES string of the molecule is CCOC(=O)C1CN(c2nc(-c3ccccc3)c3c(c2C#N)CCOC3)CCN1C(=O)CCOC. The summed E-state index contributed by atoms with van der Waals surface area (Å²) in [5, 5.41) is 10.1. The molecule has 1 saturated heterocycles. The molecule has 2 aliphatic rings. The van der Waals surface area contributed by atoms with Gasteiger partial charge in [0, 0.05) is 31.3 Å². The molecule has 1 fully saturated rings. The Morgan fingerprint density at radius 1 is 1.23 bits per heavy atom. The molecule has 0 radical (unpaired) electrons. The molecule has 0 spiro atoms. The smallest absolute Gasteiger partial charge is 0.330 e. The van der Waals surface area contributed by atoms with Crippen LogP contribution >= 0.6 is 0 Å². The third-order valence-corrected chi connectivity index (χ3v) is 6.37. The van der Waals surface area contributed by atoms with Crippen LogP contribution in [0.3, 0.4) is 0 Å². The largest absolute Gasteiger partial charge is 0.464 e. The molecule has 35 heavy (non-hydrogen) atoms. The zero-order chi connectivity index (χ0) is 24.8. The molecule has 1 atom stereocenters. The molecule has 3 heterocycles. The van der Waals surface area contributed by atoms with Gasteiger partial charge in [-0.05, 0) is 18.9 Å². The molecule has 1 aromatic heterocycles. The van der Waals surface area contributed by atoms with Crippen LogP contribution in [0.15, 0.2) is 30.3 Å². The quantitative estimate of drug-likeness (QED) is 0.559. The topological polar surface area (TPSA) is 105 Å². The fourth-order valence-corrected chi connectivity index (χ4v) is 4.67. The molecule has 0 bridgehead atoms. The molecule has 9 nitrogen and oxygen atoms in total. The molecule has 0 N–H and O–H groups in total. The van der Waals surface area contributed by atoms with Crippen LogP contribution in [-0.4, -0.2) is 74.4 Å². The number of benzene rings is 1. The van der Waals surface area contributed by atoms with E-state index in [1.807, 2.05) is 35.2 Å². The fraction of sp³-hybridized carbons (Fsp3) is 0.462. The second kappa shape index (κ2) is 11.3. The third-order valence-electron chi connectivity index (χ3n) is 6.37. The fourth-order valence-electron chi connectivity index (χ4n) is 4.67. The van der Waals surface area contributed by atoms with Crippen LogP contribution in [0.5, 0.6) is 0 Å². The van der Waals surface area contributed by atoms with Crippen LogP contribution in [0, 0.1) is 11.3 Å². The van der Waals surface area contributed by atoms with Crippen molar-refractivity contribution in [2.24, 2.45) is 0 Å². The first-order valence-electron chi connectivity index (χ1n) is 11.9. The molecule has 4 rings (SSSR count). The van der Waals surface area contributed by atoms with Gasteiger partial charge in [-0.1, -0.05) is 30.3 Å². The molecular formula is C26H30N4O5. The number of hydrogen-bond donors (Lipinski definition) is 0. The summed E-state index contributed by atoms with van der Waals surface area (Å²) in [6, 6.07) is 11.4. The Hall–Kier alpha value is -3.48. The van der Waals surface area contributed by atoms with Crippen molar-refractivity contribution >= 4 is 17.7 Å². The number of rotatable bonds is 7. The van der Waals surface area contributed by atoms with Crippen molar-refractivity contribution in [3.63, 3.8) is 0 Å². The summed E-state index contributed by atoms with van der Waals surface area (Å²) in [7, 11) is 1.54. The Labute approximate surface area is 205 Å². The van der Waals surface area contributed by atoms with Gasteiger partial charge in [0.15, 0.2) is 0 Å². The number of hydrogen-bond acceptors (Lipinski definition) is 8. The van der Waals surface area contributed by atoms with Crippen LogP contribution in [0.4, 0.5) is 5.82 Å². The van der Waals surface area contributed by atoms with Crippen LogP contribution in [0.1, 0.15) is 30.0 Å². The highest BCUT2D eigenvalue weighted by Gasteiger charge is 2.38. The molecule has 1 amide bonds. The highest BCUT2D eigenvalue weighted by molar-refractivity contribution is 5.86. The van der Waals surface area contributed by atoms with Gasteiger partial charge in [-0.2, -0.15) is 5.26 Å². The summed E-state index contributed by atoms with van der Waals surface area (Å²) in [6.45, 7) is 4.13. The predicted octanol–water partition coefficient (Wildman–Crippen LogP) is 2.31. The molecule has 184 valence electrons. The number of ether oxygens (including phenoxy) is 3. The lowest BCUT2D eigenvalue weighted by Gasteiger charge is -2.41. The van der Waals surface area contributed by atoms with Gasteiger partial charge >= 0.3 is 5.97 Å². The first-order chi connectivity index (χ1) is 17.1. The van der Waals surface area contributed by atoms with Gasteiger partial charge in [0.25, 0.3) is 0 Å². The van der Waals surface area contributed by atoms with Crippen molar-refractivity contribution in [3.8, 4) is 17.3 Å². The molecule has 9 heteroatoms. The van der Waals surface area contributed by atoms with Gasteiger partial charge in [0.1, 0.15) is 17.9 Å².